The average molecular weight is 364 g/mol. The van der Waals surface area contributed by atoms with Gasteiger partial charge in [-0.2, -0.15) is 0 Å². The summed E-state index contributed by atoms with van der Waals surface area (Å²) in [7, 11) is 0. The molecule has 1 nitrogen and oxygen atoms in total. The van der Waals surface area contributed by atoms with Gasteiger partial charge in [-0.1, -0.05) is 53.2 Å². The number of benzene rings is 2. The fraction of sp³-hybridized carbons (Fsp3) is 0.333. The van der Waals surface area contributed by atoms with Crippen LogP contribution in [0.4, 0.5) is 0 Å². The minimum absolute atomic E-state index is 0.494. The topological polar surface area (TPSA) is 12.0 Å². The normalized spacial score (nSPS) is 12.3. The maximum absolute atomic E-state index is 3.60. The van der Waals surface area contributed by atoms with Gasteiger partial charge in [0.1, 0.15) is 0 Å². The van der Waals surface area contributed by atoms with Crippen LogP contribution in [0.15, 0.2) is 57.9 Å². The lowest BCUT2D eigenvalue weighted by Crippen LogP contribution is -2.33. The number of thioether (sulfide) groups is 1. The highest BCUT2D eigenvalue weighted by atomic mass is 79.9. The van der Waals surface area contributed by atoms with Crippen LogP contribution < -0.4 is 5.32 Å². The van der Waals surface area contributed by atoms with Gasteiger partial charge in [-0.25, -0.2) is 0 Å². The summed E-state index contributed by atoms with van der Waals surface area (Å²) in [4.78, 5) is 1.38. The molecule has 1 unspecified atom stereocenters. The first-order valence-corrected chi connectivity index (χ1v) is 9.13. The molecule has 0 aliphatic carbocycles. The van der Waals surface area contributed by atoms with Crippen LogP contribution in [-0.2, 0) is 6.42 Å². The molecule has 0 amide bonds. The molecule has 2 rings (SSSR count). The highest BCUT2D eigenvalue weighted by Crippen LogP contribution is 2.23. The molecule has 0 aromatic heterocycles. The van der Waals surface area contributed by atoms with Crippen LogP contribution in [0.5, 0.6) is 0 Å². The number of nitrogens with one attached hydrogen (secondary N) is 1. The highest BCUT2D eigenvalue weighted by molar-refractivity contribution is 9.10. The van der Waals surface area contributed by atoms with Crippen molar-refractivity contribution in [2.75, 3.05) is 12.3 Å². The number of hydrogen-bond donors (Lipinski definition) is 1. The summed E-state index contributed by atoms with van der Waals surface area (Å²) in [5.74, 6) is 1.09. The molecule has 3 heteroatoms. The monoisotopic (exact) mass is 363 g/mol. The van der Waals surface area contributed by atoms with Crippen LogP contribution in [0.1, 0.15) is 18.1 Å². The van der Waals surface area contributed by atoms with Crippen LogP contribution in [0, 0.1) is 6.92 Å². The van der Waals surface area contributed by atoms with Crippen molar-refractivity contribution in [3.63, 3.8) is 0 Å². The van der Waals surface area contributed by atoms with Crippen LogP contribution in [-0.4, -0.2) is 18.3 Å². The van der Waals surface area contributed by atoms with Crippen molar-refractivity contribution in [2.45, 2.75) is 31.2 Å². The fourth-order valence-electron chi connectivity index (χ4n) is 2.34. The van der Waals surface area contributed by atoms with Gasteiger partial charge in [0.15, 0.2) is 0 Å². The number of aryl methyl sites for hydroxylation is 1. The zero-order chi connectivity index (χ0) is 15.1. The van der Waals surface area contributed by atoms with E-state index in [0.29, 0.717) is 6.04 Å². The second-order valence-electron chi connectivity index (χ2n) is 5.17. The van der Waals surface area contributed by atoms with E-state index in [4.69, 9.17) is 0 Å². The third-order valence-electron chi connectivity index (χ3n) is 3.40. The maximum Gasteiger partial charge on any atom is 0.0201 e. The lowest BCUT2D eigenvalue weighted by atomic mass is 10.1. The zero-order valence-corrected chi connectivity index (χ0v) is 15.0. The van der Waals surface area contributed by atoms with E-state index in [2.05, 4.69) is 83.6 Å². The minimum atomic E-state index is 0.494. The lowest BCUT2D eigenvalue weighted by molar-refractivity contribution is 0.572. The van der Waals surface area contributed by atoms with Crippen LogP contribution >= 0.6 is 27.7 Å². The SMILES string of the molecule is CCNC(CSc1ccccc1C)Cc1cccc(Br)c1. The van der Waals surface area contributed by atoms with E-state index in [1.165, 1.54) is 16.0 Å². The molecule has 0 saturated carbocycles. The fourth-order valence-corrected chi connectivity index (χ4v) is 3.87. The molecule has 0 radical (unpaired) electrons. The maximum atomic E-state index is 3.60. The Hall–Kier alpha value is -0.770. The van der Waals surface area contributed by atoms with Crippen molar-refractivity contribution < 1.29 is 0 Å². The quantitative estimate of drug-likeness (QED) is 0.689. The van der Waals surface area contributed by atoms with Gasteiger partial charge in [0, 0.05) is 21.2 Å². The Kier molecular flexibility index (Phi) is 6.81. The summed E-state index contributed by atoms with van der Waals surface area (Å²) >= 11 is 5.49. The first-order valence-electron chi connectivity index (χ1n) is 7.35. The molecule has 21 heavy (non-hydrogen) atoms. The molecule has 0 spiro atoms. The van der Waals surface area contributed by atoms with E-state index in [1.54, 1.807) is 0 Å². The number of rotatable bonds is 7. The third-order valence-corrected chi connectivity index (χ3v) is 5.23. The molecule has 2 aromatic rings. The minimum Gasteiger partial charge on any atom is -0.313 e. The van der Waals surface area contributed by atoms with Crippen molar-refractivity contribution in [3.8, 4) is 0 Å². The Morgan fingerprint density at radius 2 is 1.95 bits per heavy atom. The predicted molar refractivity (Wildman–Crippen MR) is 97.2 cm³/mol. The van der Waals surface area contributed by atoms with Gasteiger partial charge in [0.25, 0.3) is 0 Å². The van der Waals surface area contributed by atoms with Crippen molar-refractivity contribution in [3.05, 3.63) is 64.1 Å². The van der Waals surface area contributed by atoms with E-state index >= 15 is 0 Å². The zero-order valence-electron chi connectivity index (χ0n) is 12.6. The van der Waals surface area contributed by atoms with E-state index in [9.17, 15) is 0 Å². The largest absolute Gasteiger partial charge is 0.313 e. The van der Waals surface area contributed by atoms with Crippen molar-refractivity contribution >= 4 is 27.7 Å². The number of likely N-dealkylation sites (N-methyl/N-ethyl adjacent to an activating group) is 1. The van der Waals surface area contributed by atoms with Crippen LogP contribution in [0.2, 0.25) is 0 Å². The smallest absolute Gasteiger partial charge is 0.0201 e. The van der Waals surface area contributed by atoms with Crippen LogP contribution in [0.25, 0.3) is 0 Å². The van der Waals surface area contributed by atoms with Crippen molar-refractivity contribution in [2.24, 2.45) is 0 Å². The molecule has 0 aliphatic heterocycles. The standard InChI is InChI=1S/C18H22BrNS/c1-3-20-17(12-15-8-6-9-16(19)11-15)13-21-18-10-5-4-7-14(18)2/h4-11,17,20H,3,12-13H2,1-2H3. The van der Waals surface area contributed by atoms with Crippen molar-refractivity contribution in [1.29, 1.82) is 0 Å². The molecule has 0 aliphatic rings. The number of halogens is 1. The molecule has 0 saturated heterocycles. The van der Waals surface area contributed by atoms with E-state index in [0.717, 1.165) is 23.2 Å². The Morgan fingerprint density at radius 1 is 1.14 bits per heavy atom. The second kappa shape index (κ2) is 8.62. The highest BCUT2D eigenvalue weighted by Gasteiger charge is 2.10. The van der Waals surface area contributed by atoms with Gasteiger partial charge < -0.3 is 5.32 Å². The van der Waals surface area contributed by atoms with E-state index in [1.807, 2.05) is 11.8 Å². The van der Waals surface area contributed by atoms with Gasteiger partial charge in [-0.15, -0.1) is 11.8 Å². The average Bonchev–Trinajstić information content (AvgIpc) is 2.46. The van der Waals surface area contributed by atoms with Gasteiger partial charge >= 0.3 is 0 Å². The summed E-state index contributed by atoms with van der Waals surface area (Å²) in [5, 5.41) is 3.60. The molecular formula is C18H22BrNS. The van der Waals surface area contributed by atoms with Crippen LogP contribution in [0.3, 0.4) is 0 Å². The Morgan fingerprint density at radius 3 is 2.67 bits per heavy atom. The lowest BCUT2D eigenvalue weighted by Gasteiger charge is -2.18. The molecule has 1 atom stereocenters. The number of hydrogen-bond acceptors (Lipinski definition) is 2. The summed E-state index contributed by atoms with van der Waals surface area (Å²) in [5.41, 5.74) is 2.74. The Bertz CT molecular complexity index is 571. The van der Waals surface area contributed by atoms with Gasteiger partial charge in [-0.3, -0.25) is 0 Å². The van der Waals surface area contributed by atoms with Gasteiger partial charge in [0.05, 0.1) is 0 Å². The summed E-state index contributed by atoms with van der Waals surface area (Å²) in [6.45, 7) is 5.36. The second-order valence-corrected chi connectivity index (χ2v) is 7.14. The Balaban J connectivity index is 1.97. The first kappa shape index (κ1) is 16.6. The van der Waals surface area contributed by atoms with Gasteiger partial charge in [0.2, 0.25) is 0 Å². The summed E-state index contributed by atoms with van der Waals surface area (Å²) in [6, 6.07) is 17.7. The third kappa shape index (κ3) is 5.50. The van der Waals surface area contributed by atoms with Gasteiger partial charge in [-0.05, 0) is 49.2 Å². The molecule has 112 valence electrons. The first-order chi connectivity index (χ1) is 10.2. The molecular weight excluding hydrogens is 342 g/mol. The summed E-state index contributed by atoms with van der Waals surface area (Å²) < 4.78 is 1.15. The Labute approximate surface area is 140 Å². The molecule has 0 heterocycles. The summed E-state index contributed by atoms with van der Waals surface area (Å²) in [6.07, 6.45) is 1.06. The molecule has 1 N–H and O–H groups in total. The predicted octanol–water partition coefficient (Wildman–Crippen LogP) is 5.07. The van der Waals surface area contributed by atoms with E-state index < -0.39 is 0 Å². The van der Waals surface area contributed by atoms with E-state index in [-0.39, 0.29) is 0 Å². The molecule has 0 bridgehead atoms. The van der Waals surface area contributed by atoms with Crippen molar-refractivity contribution in [1.82, 2.24) is 5.32 Å². The molecule has 2 aromatic carbocycles. The molecule has 0 fully saturated rings.